The first-order valence-electron chi connectivity index (χ1n) is 8.41. The first kappa shape index (κ1) is 16.8. The van der Waals surface area contributed by atoms with Crippen molar-refractivity contribution in [3.8, 4) is 0 Å². The van der Waals surface area contributed by atoms with Crippen molar-refractivity contribution in [3.63, 3.8) is 0 Å². The van der Waals surface area contributed by atoms with Gasteiger partial charge in [-0.15, -0.1) is 11.3 Å². The van der Waals surface area contributed by atoms with E-state index in [1.54, 1.807) is 23.1 Å². The molecule has 1 N–H and O–H groups in total. The Labute approximate surface area is 153 Å². The summed E-state index contributed by atoms with van der Waals surface area (Å²) in [6.07, 6.45) is 4.33. The molecular weight excluding hydrogens is 355 g/mol. The first-order valence-corrected chi connectivity index (χ1v) is 9.23. The number of halogens is 1. The number of fused-ring (bicyclic) bond motifs is 1. The van der Waals surface area contributed by atoms with Gasteiger partial charge >= 0.3 is 0 Å². The molecular formula is C19H17FN2O3S. The van der Waals surface area contributed by atoms with E-state index in [9.17, 15) is 14.0 Å². The van der Waals surface area contributed by atoms with Gasteiger partial charge in [0.2, 0.25) is 0 Å². The van der Waals surface area contributed by atoms with Crippen LogP contribution in [0.2, 0.25) is 0 Å². The summed E-state index contributed by atoms with van der Waals surface area (Å²) in [5.41, 5.74) is 0.546. The second kappa shape index (κ2) is 6.92. The van der Waals surface area contributed by atoms with Gasteiger partial charge < -0.3 is 14.6 Å². The van der Waals surface area contributed by atoms with E-state index in [1.165, 1.54) is 36.0 Å². The number of benzene rings is 1. The summed E-state index contributed by atoms with van der Waals surface area (Å²) < 4.78 is 19.1. The van der Waals surface area contributed by atoms with Crippen molar-refractivity contribution >= 4 is 33.2 Å². The maximum atomic E-state index is 13.3. The molecule has 0 saturated carbocycles. The lowest BCUT2D eigenvalue weighted by molar-refractivity contribution is 0.0697. The van der Waals surface area contributed by atoms with Crippen LogP contribution in [0.5, 0.6) is 0 Å². The Bertz CT molecular complexity index is 943. The number of hydrogen-bond acceptors (Lipinski definition) is 4. The van der Waals surface area contributed by atoms with Crippen LogP contribution >= 0.6 is 11.3 Å². The van der Waals surface area contributed by atoms with Crippen molar-refractivity contribution in [2.75, 3.05) is 13.1 Å². The summed E-state index contributed by atoms with van der Waals surface area (Å²) in [4.78, 5) is 27.1. The Morgan fingerprint density at radius 1 is 1.19 bits per heavy atom. The number of thiophene rings is 1. The standard InChI is InChI=1S/C19H17FN2O3S/c20-14-1-2-16-13(9-14)10-17(26-16)18(23)21-15-3-6-22(7-4-15)19(24)12-5-8-25-11-12/h1-2,5,8-11,15H,3-4,6-7H2,(H,21,23). The molecule has 0 bridgehead atoms. The number of carbonyl (C=O) groups is 2. The molecule has 1 aromatic carbocycles. The number of rotatable bonds is 3. The highest BCUT2D eigenvalue weighted by molar-refractivity contribution is 7.20. The van der Waals surface area contributed by atoms with Crippen LogP contribution in [0.1, 0.15) is 32.9 Å². The third-order valence-electron chi connectivity index (χ3n) is 4.59. The van der Waals surface area contributed by atoms with E-state index in [4.69, 9.17) is 4.42 Å². The summed E-state index contributed by atoms with van der Waals surface area (Å²) >= 11 is 1.35. The molecule has 134 valence electrons. The molecule has 0 radical (unpaired) electrons. The molecule has 0 spiro atoms. The van der Waals surface area contributed by atoms with E-state index in [0.717, 1.165) is 10.1 Å². The molecule has 3 aromatic rings. The lowest BCUT2D eigenvalue weighted by Crippen LogP contribution is -2.46. The third kappa shape index (κ3) is 3.35. The van der Waals surface area contributed by atoms with Gasteiger partial charge in [-0.3, -0.25) is 9.59 Å². The number of nitrogens with zero attached hydrogens (tertiary/aromatic N) is 1. The van der Waals surface area contributed by atoms with Gasteiger partial charge in [0.25, 0.3) is 11.8 Å². The van der Waals surface area contributed by atoms with Crippen LogP contribution in [0.25, 0.3) is 10.1 Å². The van der Waals surface area contributed by atoms with Gasteiger partial charge in [-0.1, -0.05) is 0 Å². The molecule has 5 nitrogen and oxygen atoms in total. The number of hydrogen-bond donors (Lipinski definition) is 1. The predicted molar refractivity (Wildman–Crippen MR) is 96.9 cm³/mol. The van der Waals surface area contributed by atoms with Gasteiger partial charge in [0.05, 0.1) is 16.7 Å². The van der Waals surface area contributed by atoms with Crippen LogP contribution in [0.3, 0.4) is 0 Å². The molecule has 4 rings (SSSR count). The monoisotopic (exact) mass is 372 g/mol. The van der Waals surface area contributed by atoms with Crippen LogP contribution in [-0.2, 0) is 0 Å². The van der Waals surface area contributed by atoms with E-state index in [0.29, 0.717) is 36.4 Å². The van der Waals surface area contributed by atoms with Crippen molar-refractivity contribution in [2.24, 2.45) is 0 Å². The minimum absolute atomic E-state index is 0.0258. The Kier molecular flexibility index (Phi) is 4.46. The Hall–Kier alpha value is -2.67. The summed E-state index contributed by atoms with van der Waals surface area (Å²) in [7, 11) is 0. The summed E-state index contributed by atoms with van der Waals surface area (Å²) in [5, 5.41) is 3.76. The molecule has 1 saturated heterocycles. The molecule has 0 atom stereocenters. The number of piperidine rings is 1. The van der Waals surface area contributed by atoms with E-state index >= 15 is 0 Å². The Balaban J connectivity index is 1.36. The van der Waals surface area contributed by atoms with Crippen LogP contribution in [0.4, 0.5) is 4.39 Å². The zero-order valence-corrected chi connectivity index (χ0v) is 14.7. The molecule has 2 aromatic heterocycles. The Morgan fingerprint density at radius 2 is 2.00 bits per heavy atom. The van der Waals surface area contributed by atoms with Gasteiger partial charge in [-0.2, -0.15) is 0 Å². The number of furan rings is 1. The van der Waals surface area contributed by atoms with E-state index < -0.39 is 0 Å². The molecule has 0 unspecified atom stereocenters. The molecule has 1 aliphatic heterocycles. The topological polar surface area (TPSA) is 62.6 Å². The molecule has 3 heterocycles. The Morgan fingerprint density at radius 3 is 2.73 bits per heavy atom. The van der Waals surface area contributed by atoms with Gasteiger partial charge in [-0.25, -0.2) is 4.39 Å². The summed E-state index contributed by atoms with van der Waals surface area (Å²) in [5.74, 6) is -0.502. The minimum Gasteiger partial charge on any atom is -0.472 e. The molecule has 26 heavy (non-hydrogen) atoms. The molecule has 1 aliphatic rings. The zero-order valence-electron chi connectivity index (χ0n) is 13.9. The van der Waals surface area contributed by atoms with Crippen molar-refractivity contribution in [3.05, 3.63) is 59.1 Å². The van der Waals surface area contributed by atoms with Gasteiger partial charge in [0.15, 0.2) is 0 Å². The molecule has 7 heteroatoms. The van der Waals surface area contributed by atoms with Crippen molar-refractivity contribution < 1.29 is 18.4 Å². The van der Waals surface area contributed by atoms with E-state index in [1.807, 2.05) is 0 Å². The van der Waals surface area contributed by atoms with Gasteiger partial charge in [0, 0.05) is 23.8 Å². The van der Waals surface area contributed by atoms with Crippen molar-refractivity contribution in [1.29, 1.82) is 0 Å². The van der Waals surface area contributed by atoms with E-state index in [2.05, 4.69) is 5.32 Å². The average Bonchev–Trinajstić information content (AvgIpc) is 3.31. The van der Waals surface area contributed by atoms with Crippen LogP contribution in [0, 0.1) is 5.82 Å². The number of nitrogens with one attached hydrogen (secondary N) is 1. The number of carbonyl (C=O) groups excluding carboxylic acids is 2. The lowest BCUT2D eigenvalue weighted by Gasteiger charge is -2.32. The fraction of sp³-hybridized carbons (Fsp3) is 0.263. The SMILES string of the molecule is O=C(NC1CCN(C(=O)c2ccoc2)CC1)c1cc2cc(F)ccc2s1. The fourth-order valence-corrected chi connectivity index (χ4v) is 4.12. The highest BCUT2D eigenvalue weighted by Gasteiger charge is 2.25. The minimum atomic E-state index is -0.308. The van der Waals surface area contributed by atoms with Crippen LogP contribution in [0.15, 0.2) is 47.3 Å². The largest absolute Gasteiger partial charge is 0.472 e. The normalized spacial score (nSPS) is 15.3. The van der Waals surface area contributed by atoms with Crippen LogP contribution in [-0.4, -0.2) is 35.8 Å². The second-order valence-electron chi connectivity index (χ2n) is 6.34. The summed E-state index contributed by atoms with van der Waals surface area (Å²) in [6, 6.07) is 7.91. The molecule has 1 fully saturated rings. The highest BCUT2D eigenvalue weighted by atomic mass is 32.1. The maximum Gasteiger partial charge on any atom is 0.261 e. The number of amides is 2. The lowest BCUT2D eigenvalue weighted by atomic mass is 10.0. The smallest absolute Gasteiger partial charge is 0.261 e. The first-order chi connectivity index (χ1) is 12.6. The van der Waals surface area contributed by atoms with Crippen LogP contribution < -0.4 is 5.32 Å². The fourth-order valence-electron chi connectivity index (χ4n) is 3.18. The number of likely N-dealkylation sites (tertiary alicyclic amines) is 1. The summed E-state index contributed by atoms with van der Waals surface area (Å²) in [6.45, 7) is 1.18. The second-order valence-corrected chi connectivity index (χ2v) is 7.43. The van der Waals surface area contributed by atoms with Crippen molar-refractivity contribution in [2.45, 2.75) is 18.9 Å². The zero-order chi connectivity index (χ0) is 18.1. The molecule has 0 aliphatic carbocycles. The van der Waals surface area contributed by atoms with Gasteiger partial charge in [-0.05, 0) is 48.6 Å². The molecule has 2 amide bonds. The third-order valence-corrected chi connectivity index (χ3v) is 5.70. The average molecular weight is 372 g/mol. The van der Waals surface area contributed by atoms with Crippen molar-refractivity contribution in [1.82, 2.24) is 10.2 Å². The van der Waals surface area contributed by atoms with Gasteiger partial charge in [0.1, 0.15) is 12.1 Å². The maximum absolute atomic E-state index is 13.3. The highest BCUT2D eigenvalue weighted by Crippen LogP contribution is 2.26. The predicted octanol–water partition coefficient (Wildman–Crippen LogP) is 3.67. The van der Waals surface area contributed by atoms with E-state index in [-0.39, 0.29) is 23.7 Å². The quantitative estimate of drug-likeness (QED) is 0.763.